The lowest BCUT2D eigenvalue weighted by molar-refractivity contribution is -0.274. The Labute approximate surface area is 119 Å². The summed E-state index contributed by atoms with van der Waals surface area (Å²) in [6, 6.07) is 3.95. The molecule has 1 fully saturated rings. The maximum Gasteiger partial charge on any atom is 0.573 e. The number of ether oxygens (including phenoxy) is 1. The molecule has 0 radical (unpaired) electrons. The van der Waals surface area contributed by atoms with Crippen LogP contribution in [0.25, 0.3) is 11.1 Å². The first-order valence-electron chi connectivity index (χ1n) is 6.73. The van der Waals surface area contributed by atoms with E-state index in [1.807, 2.05) is 0 Å². The Hall–Kier alpha value is -1.76. The fourth-order valence-electron chi connectivity index (χ4n) is 2.55. The Balaban J connectivity index is 1.93. The van der Waals surface area contributed by atoms with Crippen molar-refractivity contribution in [2.75, 3.05) is 13.1 Å². The molecule has 2 heterocycles. The standard InChI is InChI=1S/C14H15F3N2O2/c1-13(4-6-18-7-5-13)12-19-10-3-2-9(8-11(10)20-12)21-14(15,16)17/h2-3,8,18H,4-7H2,1H3. The van der Waals surface area contributed by atoms with Gasteiger partial charge in [-0.2, -0.15) is 0 Å². The topological polar surface area (TPSA) is 47.3 Å². The fourth-order valence-corrected chi connectivity index (χ4v) is 2.55. The highest BCUT2D eigenvalue weighted by molar-refractivity contribution is 5.74. The number of nitrogens with zero attached hydrogens (tertiary/aromatic N) is 1. The summed E-state index contributed by atoms with van der Waals surface area (Å²) in [6.45, 7) is 3.81. The van der Waals surface area contributed by atoms with Gasteiger partial charge in [0.15, 0.2) is 5.58 Å². The predicted octanol–water partition coefficient (Wildman–Crippen LogP) is 3.37. The third-order valence-electron chi connectivity index (χ3n) is 3.82. The number of hydrogen-bond acceptors (Lipinski definition) is 4. The van der Waals surface area contributed by atoms with Crippen LogP contribution in [0.1, 0.15) is 25.7 Å². The second kappa shape index (κ2) is 4.91. The van der Waals surface area contributed by atoms with Crippen LogP contribution in [0.5, 0.6) is 5.75 Å². The van der Waals surface area contributed by atoms with Gasteiger partial charge >= 0.3 is 6.36 Å². The van der Waals surface area contributed by atoms with E-state index in [1.54, 1.807) is 0 Å². The van der Waals surface area contributed by atoms with E-state index < -0.39 is 6.36 Å². The van der Waals surface area contributed by atoms with E-state index in [1.165, 1.54) is 18.2 Å². The smallest absolute Gasteiger partial charge is 0.440 e. The highest BCUT2D eigenvalue weighted by Gasteiger charge is 2.34. The van der Waals surface area contributed by atoms with E-state index in [9.17, 15) is 13.2 Å². The average molecular weight is 300 g/mol. The summed E-state index contributed by atoms with van der Waals surface area (Å²) < 4.78 is 46.2. The van der Waals surface area contributed by atoms with Gasteiger partial charge in [0.25, 0.3) is 0 Å². The molecule has 0 amide bonds. The van der Waals surface area contributed by atoms with Gasteiger partial charge in [-0.15, -0.1) is 13.2 Å². The molecular weight excluding hydrogens is 285 g/mol. The molecule has 1 N–H and O–H groups in total. The molecule has 4 nitrogen and oxygen atoms in total. The van der Waals surface area contributed by atoms with Crippen molar-refractivity contribution in [3.8, 4) is 5.75 Å². The van der Waals surface area contributed by atoms with Crippen LogP contribution >= 0.6 is 0 Å². The number of rotatable bonds is 2. The number of nitrogens with one attached hydrogen (secondary N) is 1. The SMILES string of the molecule is CC1(c2nc3ccc(OC(F)(F)F)cc3o2)CCNCC1. The third-order valence-corrected chi connectivity index (χ3v) is 3.82. The molecule has 0 bridgehead atoms. The van der Waals surface area contributed by atoms with Crippen LogP contribution in [-0.2, 0) is 5.41 Å². The van der Waals surface area contributed by atoms with Crippen LogP contribution in [0.4, 0.5) is 13.2 Å². The van der Waals surface area contributed by atoms with E-state index in [0.29, 0.717) is 17.0 Å². The quantitative estimate of drug-likeness (QED) is 0.923. The molecule has 2 aromatic rings. The Morgan fingerprint density at radius 3 is 2.67 bits per heavy atom. The van der Waals surface area contributed by atoms with E-state index in [-0.39, 0.29) is 11.2 Å². The van der Waals surface area contributed by atoms with E-state index >= 15 is 0 Å². The summed E-state index contributed by atoms with van der Waals surface area (Å²) in [5.41, 5.74) is 0.667. The zero-order valence-electron chi connectivity index (χ0n) is 11.5. The van der Waals surface area contributed by atoms with Crippen molar-refractivity contribution in [2.24, 2.45) is 0 Å². The zero-order valence-corrected chi connectivity index (χ0v) is 11.5. The summed E-state index contributed by atoms with van der Waals surface area (Å²) >= 11 is 0. The summed E-state index contributed by atoms with van der Waals surface area (Å²) in [6.07, 6.45) is -2.95. The van der Waals surface area contributed by atoms with Crippen molar-refractivity contribution in [2.45, 2.75) is 31.5 Å². The number of fused-ring (bicyclic) bond motifs is 1. The van der Waals surface area contributed by atoms with Crippen LogP contribution in [0.15, 0.2) is 22.6 Å². The first kappa shape index (κ1) is 14.2. The largest absolute Gasteiger partial charge is 0.573 e. The van der Waals surface area contributed by atoms with Gasteiger partial charge in [0, 0.05) is 11.5 Å². The summed E-state index contributed by atoms with van der Waals surface area (Å²) in [4.78, 5) is 4.41. The molecule has 1 aliphatic rings. The molecule has 114 valence electrons. The Bertz CT molecular complexity index is 645. The van der Waals surface area contributed by atoms with Crippen molar-refractivity contribution < 1.29 is 22.3 Å². The summed E-state index contributed by atoms with van der Waals surface area (Å²) in [5.74, 6) is 0.274. The molecule has 0 saturated carbocycles. The Kier molecular flexibility index (Phi) is 3.32. The lowest BCUT2D eigenvalue weighted by Gasteiger charge is -2.30. The minimum absolute atomic E-state index is 0.185. The minimum atomic E-state index is -4.71. The monoisotopic (exact) mass is 300 g/mol. The minimum Gasteiger partial charge on any atom is -0.440 e. The van der Waals surface area contributed by atoms with E-state index in [4.69, 9.17) is 4.42 Å². The van der Waals surface area contributed by atoms with Gasteiger partial charge < -0.3 is 14.5 Å². The molecular formula is C14H15F3N2O2. The molecule has 1 saturated heterocycles. The van der Waals surface area contributed by atoms with E-state index in [0.717, 1.165) is 25.9 Å². The molecule has 1 aromatic carbocycles. The maximum absolute atomic E-state index is 12.2. The number of halogens is 3. The molecule has 1 aromatic heterocycles. The number of oxazole rings is 1. The molecule has 0 spiro atoms. The number of benzene rings is 1. The normalized spacial score (nSPS) is 18.9. The molecule has 0 unspecified atom stereocenters. The van der Waals surface area contributed by atoms with Crippen LogP contribution < -0.4 is 10.1 Å². The van der Waals surface area contributed by atoms with Crippen molar-refractivity contribution in [3.05, 3.63) is 24.1 Å². The molecule has 0 atom stereocenters. The van der Waals surface area contributed by atoms with Crippen molar-refractivity contribution in [1.82, 2.24) is 10.3 Å². The van der Waals surface area contributed by atoms with Gasteiger partial charge in [0.05, 0.1) is 0 Å². The van der Waals surface area contributed by atoms with Gasteiger partial charge in [-0.05, 0) is 38.1 Å². The van der Waals surface area contributed by atoms with Gasteiger partial charge in [-0.3, -0.25) is 0 Å². The maximum atomic E-state index is 12.2. The van der Waals surface area contributed by atoms with Crippen LogP contribution in [-0.4, -0.2) is 24.4 Å². The zero-order chi connectivity index (χ0) is 15.1. The Morgan fingerprint density at radius 2 is 2.00 bits per heavy atom. The first-order valence-corrected chi connectivity index (χ1v) is 6.73. The van der Waals surface area contributed by atoms with Crippen LogP contribution in [0.2, 0.25) is 0 Å². The van der Waals surface area contributed by atoms with Gasteiger partial charge in [0.1, 0.15) is 11.3 Å². The third kappa shape index (κ3) is 2.97. The van der Waals surface area contributed by atoms with Gasteiger partial charge in [-0.1, -0.05) is 6.92 Å². The van der Waals surface area contributed by atoms with E-state index in [2.05, 4.69) is 22.0 Å². The second-order valence-electron chi connectivity index (χ2n) is 5.51. The molecule has 7 heteroatoms. The number of hydrogen-bond donors (Lipinski definition) is 1. The molecule has 21 heavy (non-hydrogen) atoms. The molecule has 0 aliphatic carbocycles. The lowest BCUT2D eigenvalue weighted by Crippen LogP contribution is -2.37. The Morgan fingerprint density at radius 1 is 1.29 bits per heavy atom. The molecule has 3 rings (SSSR count). The van der Waals surface area contributed by atoms with Gasteiger partial charge in [0.2, 0.25) is 5.89 Å². The van der Waals surface area contributed by atoms with Crippen LogP contribution in [0, 0.1) is 0 Å². The fraction of sp³-hybridized carbons (Fsp3) is 0.500. The van der Waals surface area contributed by atoms with Crippen molar-refractivity contribution >= 4 is 11.1 Å². The van der Waals surface area contributed by atoms with Crippen LogP contribution in [0.3, 0.4) is 0 Å². The highest BCUT2D eigenvalue weighted by atomic mass is 19.4. The van der Waals surface area contributed by atoms with Gasteiger partial charge in [-0.25, -0.2) is 4.98 Å². The molecule has 1 aliphatic heterocycles. The average Bonchev–Trinajstić information content (AvgIpc) is 2.81. The summed E-state index contributed by atoms with van der Waals surface area (Å²) in [7, 11) is 0. The summed E-state index contributed by atoms with van der Waals surface area (Å²) in [5, 5.41) is 3.26. The highest BCUT2D eigenvalue weighted by Crippen LogP contribution is 2.35. The number of alkyl halides is 3. The van der Waals surface area contributed by atoms with Crippen molar-refractivity contribution in [1.29, 1.82) is 0 Å². The number of piperidine rings is 1. The first-order chi connectivity index (χ1) is 9.86. The lowest BCUT2D eigenvalue weighted by atomic mass is 9.81. The van der Waals surface area contributed by atoms with Crippen molar-refractivity contribution in [3.63, 3.8) is 0 Å². The number of aromatic nitrogens is 1. The second-order valence-corrected chi connectivity index (χ2v) is 5.51. The predicted molar refractivity (Wildman–Crippen MR) is 70.1 cm³/mol.